The van der Waals surface area contributed by atoms with Crippen LogP contribution < -0.4 is 4.90 Å². The summed E-state index contributed by atoms with van der Waals surface area (Å²) in [7, 11) is 0. The number of ether oxygens (including phenoxy) is 1. The Hall–Kier alpha value is -1.78. The zero-order chi connectivity index (χ0) is 22.5. The van der Waals surface area contributed by atoms with Gasteiger partial charge >= 0.3 is 0 Å². The van der Waals surface area contributed by atoms with Crippen molar-refractivity contribution < 1.29 is 18.3 Å². The quantitative estimate of drug-likeness (QED) is 0.406. The fourth-order valence-corrected chi connectivity index (χ4v) is 5.37. The first-order valence-corrected chi connectivity index (χ1v) is 12.4. The number of carbonyl (C=O) groups is 1. The minimum Gasteiger partial charge on any atom is -0.379 e. The van der Waals surface area contributed by atoms with Crippen LogP contribution in [-0.4, -0.2) is 60.9 Å². The number of morpholine rings is 1. The summed E-state index contributed by atoms with van der Waals surface area (Å²) in [5, 5.41) is 1.02. The molecule has 10 heteroatoms. The van der Waals surface area contributed by atoms with Crippen molar-refractivity contribution in [3.63, 3.8) is 0 Å². The van der Waals surface area contributed by atoms with Crippen molar-refractivity contribution >= 4 is 56.0 Å². The second kappa shape index (κ2) is 10.9. The largest absolute Gasteiger partial charge is 0.379 e. The van der Waals surface area contributed by atoms with Gasteiger partial charge in [0.2, 0.25) is 5.91 Å². The molecule has 1 aromatic heterocycles. The maximum atomic E-state index is 14.2. The molecule has 1 amide bonds. The van der Waals surface area contributed by atoms with Gasteiger partial charge in [0.15, 0.2) is 10.9 Å². The number of anilines is 1. The van der Waals surface area contributed by atoms with E-state index in [9.17, 15) is 13.6 Å². The maximum absolute atomic E-state index is 14.2. The fourth-order valence-electron chi connectivity index (χ4n) is 3.42. The molecule has 1 aliphatic rings. The molecule has 0 unspecified atom stereocenters. The summed E-state index contributed by atoms with van der Waals surface area (Å²) in [6, 6.07) is 9.34. The first kappa shape index (κ1) is 23.4. The molecule has 170 valence electrons. The summed E-state index contributed by atoms with van der Waals surface area (Å²) in [5.41, 5.74) is 0.0859. The maximum Gasteiger partial charge on any atom is 0.239 e. The molecule has 0 atom stereocenters. The van der Waals surface area contributed by atoms with Crippen molar-refractivity contribution in [3.8, 4) is 0 Å². The lowest BCUT2D eigenvalue weighted by molar-refractivity contribution is -0.116. The minimum absolute atomic E-state index is 0.0859. The van der Waals surface area contributed by atoms with Crippen LogP contribution in [0.3, 0.4) is 0 Å². The lowest BCUT2D eigenvalue weighted by Crippen LogP contribution is -2.39. The molecule has 0 bridgehead atoms. The van der Waals surface area contributed by atoms with Gasteiger partial charge in [-0.3, -0.25) is 14.6 Å². The molecule has 1 aliphatic heterocycles. The molecular formula is C22H22ClF2N3O2S2. The van der Waals surface area contributed by atoms with Gasteiger partial charge in [0.05, 0.1) is 23.7 Å². The van der Waals surface area contributed by atoms with E-state index < -0.39 is 11.6 Å². The molecule has 0 N–H and O–H groups in total. The number of amides is 1. The highest BCUT2D eigenvalue weighted by Gasteiger charge is 2.22. The van der Waals surface area contributed by atoms with E-state index in [2.05, 4.69) is 9.88 Å². The molecule has 1 fully saturated rings. The number of rotatable bonds is 8. The van der Waals surface area contributed by atoms with Crippen molar-refractivity contribution in [2.45, 2.75) is 11.3 Å². The van der Waals surface area contributed by atoms with Crippen molar-refractivity contribution in [3.05, 3.63) is 53.1 Å². The predicted octanol–water partition coefficient (Wildman–Crippen LogP) is 5.08. The van der Waals surface area contributed by atoms with Crippen molar-refractivity contribution in [2.75, 3.05) is 50.0 Å². The molecular weight excluding hydrogens is 476 g/mol. The van der Waals surface area contributed by atoms with E-state index in [1.165, 1.54) is 17.8 Å². The number of benzene rings is 2. The van der Waals surface area contributed by atoms with E-state index in [1.54, 1.807) is 17.0 Å². The average molecular weight is 498 g/mol. The highest BCUT2D eigenvalue weighted by molar-refractivity contribution is 8.00. The molecule has 3 aromatic rings. The molecule has 32 heavy (non-hydrogen) atoms. The molecule has 1 saturated heterocycles. The van der Waals surface area contributed by atoms with Crippen LogP contribution in [0.5, 0.6) is 0 Å². The molecule has 4 rings (SSSR count). The molecule has 2 aromatic carbocycles. The van der Waals surface area contributed by atoms with Crippen LogP contribution in [0.1, 0.15) is 6.42 Å². The first-order chi connectivity index (χ1) is 15.5. The van der Waals surface area contributed by atoms with E-state index in [1.807, 2.05) is 12.1 Å². The number of fused-ring (bicyclic) bond motifs is 1. The standard InChI is InChI=1S/C22H22ClF2N3O2S2/c23-15-2-4-17(5-3-15)31-14-20(29)28(7-1-6-27-8-10-30-11-9-27)22-26-21-18(25)12-16(24)13-19(21)32-22/h2-5,12-13H,1,6-11,14H2. The molecule has 5 nitrogen and oxygen atoms in total. The van der Waals surface area contributed by atoms with Gasteiger partial charge < -0.3 is 4.74 Å². The molecule has 0 saturated carbocycles. The smallest absolute Gasteiger partial charge is 0.239 e. The minimum atomic E-state index is -0.723. The number of hydrogen-bond donors (Lipinski definition) is 0. The third kappa shape index (κ3) is 5.96. The SMILES string of the molecule is O=C(CSc1ccc(Cl)cc1)N(CCCN1CCOCC1)c1nc2c(F)cc(F)cc2s1. The topological polar surface area (TPSA) is 45.7 Å². The summed E-state index contributed by atoms with van der Waals surface area (Å²) >= 11 is 8.45. The van der Waals surface area contributed by atoms with E-state index in [0.29, 0.717) is 34.6 Å². The molecule has 0 radical (unpaired) electrons. The van der Waals surface area contributed by atoms with Crippen LogP contribution in [0.4, 0.5) is 13.9 Å². The number of aromatic nitrogens is 1. The van der Waals surface area contributed by atoms with Crippen LogP contribution in [0.25, 0.3) is 10.2 Å². The second-order valence-corrected chi connectivity index (χ2v) is 9.82. The Balaban J connectivity index is 1.49. The Morgan fingerprint density at radius 2 is 1.97 bits per heavy atom. The van der Waals surface area contributed by atoms with Crippen molar-refractivity contribution in [1.82, 2.24) is 9.88 Å². The summed E-state index contributed by atoms with van der Waals surface area (Å²) in [4.78, 5) is 22.3. The van der Waals surface area contributed by atoms with Crippen molar-refractivity contribution in [1.29, 1.82) is 0 Å². The third-order valence-electron chi connectivity index (χ3n) is 5.07. The number of nitrogens with zero attached hydrogens (tertiary/aromatic N) is 3. The van der Waals surface area contributed by atoms with E-state index in [4.69, 9.17) is 16.3 Å². The molecule has 0 spiro atoms. The van der Waals surface area contributed by atoms with E-state index in [-0.39, 0.29) is 17.2 Å². The Labute approximate surface area is 198 Å². The summed E-state index contributed by atoms with van der Waals surface area (Å²) < 4.78 is 33.6. The van der Waals surface area contributed by atoms with Crippen LogP contribution in [0.15, 0.2) is 41.3 Å². The number of hydrogen-bond acceptors (Lipinski definition) is 6. The van der Waals surface area contributed by atoms with Gasteiger partial charge in [-0.2, -0.15) is 0 Å². The monoisotopic (exact) mass is 497 g/mol. The summed E-state index contributed by atoms with van der Waals surface area (Å²) in [6.45, 7) is 4.43. The zero-order valence-electron chi connectivity index (χ0n) is 17.2. The molecule has 2 heterocycles. The third-order valence-corrected chi connectivity index (χ3v) is 7.34. The Kier molecular flexibility index (Phi) is 7.96. The summed E-state index contributed by atoms with van der Waals surface area (Å²) in [5.74, 6) is -1.31. The van der Waals surface area contributed by atoms with Crippen LogP contribution >= 0.6 is 34.7 Å². The normalized spacial score (nSPS) is 14.7. The summed E-state index contributed by atoms with van der Waals surface area (Å²) in [6.07, 6.45) is 0.740. The van der Waals surface area contributed by atoms with Gasteiger partial charge in [0, 0.05) is 42.2 Å². The van der Waals surface area contributed by atoms with Crippen LogP contribution in [0, 0.1) is 11.6 Å². The number of carbonyl (C=O) groups excluding carboxylic acids is 1. The van der Waals surface area contributed by atoms with Gasteiger partial charge in [-0.05, 0) is 36.8 Å². The number of thioether (sulfide) groups is 1. The van der Waals surface area contributed by atoms with Gasteiger partial charge in [-0.1, -0.05) is 22.9 Å². The number of halogens is 3. The lowest BCUT2D eigenvalue weighted by Gasteiger charge is -2.27. The second-order valence-electron chi connectivity index (χ2n) is 7.33. The lowest BCUT2D eigenvalue weighted by atomic mass is 10.3. The Morgan fingerprint density at radius 3 is 2.72 bits per heavy atom. The number of thiazole rings is 1. The van der Waals surface area contributed by atoms with Crippen molar-refractivity contribution in [2.24, 2.45) is 0 Å². The van der Waals surface area contributed by atoms with Gasteiger partial charge in [0.25, 0.3) is 0 Å². The van der Waals surface area contributed by atoms with Crippen LogP contribution in [-0.2, 0) is 9.53 Å². The van der Waals surface area contributed by atoms with E-state index in [0.717, 1.165) is 48.4 Å². The first-order valence-electron chi connectivity index (χ1n) is 10.2. The Bertz CT molecular complexity index is 1070. The van der Waals surface area contributed by atoms with Gasteiger partial charge in [-0.25, -0.2) is 13.8 Å². The average Bonchev–Trinajstić information content (AvgIpc) is 3.21. The van der Waals surface area contributed by atoms with E-state index >= 15 is 0 Å². The highest BCUT2D eigenvalue weighted by atomic mass is 35.5. The molecule has 0 aliphatic carbocycles. The van der Waals surface area contributed by atoms with Gasteiger partial charge in [0.1, 0.15) is 11.3 Å². The fraction of sp³-hybridized carbons (Fsp3) is 0.364. The van der Waals surface area contributed by atoms with Crippen LogP contribution in [0.2, 0.25) is 5.02 Å². The zero-order valence-corrected chi connectivity index (χ0v) is 19.6. The van der Waals surface area contributed by atoms with Gasteiger partial charge in [-0.15, -0.1) is 11.8 Å². The Morgan fingerprint density at radius 1 is 1.22 bits per heavy atom. The highest BCUT2D eigenvalue weighted by Crippen LogP contribution is 2.32. The predicted molar refractivity (Wildman–Crippen MR) is 126 cm³/mol.